The molecule has 1 aromatic rings. The van der Waals surface area contributed by atoms with E-state index in [-0.39, 0.29) is 0 Å². The Morgan fingerprint density at radius 3 is 2.67 bits per heavy atom. The average Bonchev–Trinajstić information content (AvgIpc) is 2.30. The van der Waals surface area contributed by atoms with Gasteiger partial charge in [-0.15, -0.1) is 0 Å². The Labute approximate surface area is 96.0 Å². The summed E-state index contributed by atoms with van der Waals surface area (Å²) in [5.74, 6) is 0. The summed E-state index contributed by atoms with van der Waals surface area (Å²) in [6.07, 6.45) is 2.31. The molecule has 3 heteroatoms. The highest BCUT2D eigenvalue weighted by Gasteiger charge is 2.11. The Morgan fingerprint density at radius 1 is 1.20 bits per heavy atom. The van der Waals surface area contributed by atoms with Crippen LogP contribution >= 0.6 is 11.6 Å². The van der Waals surface area contributed by atoms with Crippen molar-refractivity contribution in [1.82, 2.24) is 10.6 Å². The number of hydrogen-bond donors (Lipinski definition) is 2. The molecule has 1 aliphatic rings. The second-order valence-electron chi connectivity index (χ2n) is 4.02. The standard InChI is InChI=1S/C12H17ClN2/c13-11-4-1-10(2-5-11)3-6-12-9-14-7-8-15-12/h1-2,4-5,12,14-15H,3,6-9H2/t12-/m0/s1. The van der Waals surface area contributed by atoms with Crippen LogP contribution in [0.4, 0.5) is 0 Å². The van der Waals surface area contributed by atoms with Crippen molar-refractivity contribution in [3.63, 3.8) is 0 Å². The zero-order valence-electron chi connectivity index (χ0n) is 8.80. The van der Waals surface area contributed by atoms with Crippen LogP contribution in [-0.2, 0) is 6.42 Å². The molecule has 0 radical (unpaired) electrons. The van der Waals surface area contributed by atoms with Gasteiger partial charge in [-0.05, 0) is 30.5 Å². The van der Waals surface area contributed by atoms with Crippen molar-refractivity contribution in [2.24, 2.45) is 0 Å². The van der Waals surface area contributed by atoms with Gasteiger partial charge in [-0.25, -0.2) is 0 Å². The molecular formula is C12H17ClN2. The van der Waals surface area contributed by atoms with Crippen molar-refractivity contribution in [1.29, 1.82) is 0 Å². The molecule has 0 saturated carbocycles. The first-order valence-electron chi connectivity index (χ1n) is 5.53. The predicted octanol–water partition coefficient (Wildman–Crippen LogP) is 1.83. The Bertz CT molecular complexity index is 291. The number of rotatable bonds is 3. The summed E-state index contributed by atoms with van der Waals surface area (Å²) in [6.45, 7) is 3.27. The molecule has 0 bridgehead atoms. The smallest absolute Gasteiger partial charge is 0.0406 e. The Balaban J connectivity index is 1.79. The minimum Gasteiger partial charge on any atom is -0.314 e. The zero-order chi connectivity index (χ0) is 10.5. The normalized spacial score (nSPS) is 21.5. The van der Waals surface area contributed by atoms with Crippen LogP contribution < -0.4 is 10.6 Å². The Hall–Kier alpha value is -0.570. The van der Waals surface area contributed by atoms with E-state index in [1.165, 1.54) is 12.0 Å². The second kappa shape index (κ2) is 5.50. The maximum atomic E-state index is 5.84. The molecule has 2 N–H and O–H groups in total. The molecule has 1 atom stereocenters. The fraction of sp³-hybridized carbons (Fsp3) is 0.500. The minimum absolute atomic E-state index is 0.620. The number of aryl methyl sites for hydroxylation is 1. The summed E-state index contributed by atoms with van der Waals surface area (Å²) in [4.78, 5) is 0. The van der Waals surface area contributed by atoms with Crippen molar-refractivity contribution < 1.29 is 0 Å². The fourth-order valence-corrected chi connectivity index (χ4v) is 2.04. The lowest BCUT2D eigenvalue weighted by molar-refractivity contribution is 0.400. The van der Waals surface area contributed by atoms with Crippen molar-refractivity contribution in [2.75, 3.05) is 19.6 Å². The molecule has 1 aromatic carbocycles. The van der Waals surface area contributed by atoms with Gasteiger partial charge >= 0.3 is 0 Å². The van der Waals surface area contributed by atoms with Crippen LogP contribution in [0.1, 0.15) is 12.0 Å². The van der Waals surface area contributed by atoms with Crippen molar-refractivity contribution in [2.45, 2.75) is 18.9 Å². The van der Waals surface area contributed by atoms with E-state index in [2.05, 4.69) is 22.8 Å². The van der Waals surface area contributed by atoms with E-state index in [0.29, 0.717) is 6.04 Å². The van der Waals surface area contributed by atoms with E-state index < -0.39 is 0 Å². The maximum Gasteiger partial charge on any atom is 0.0406 e. The van der Waals surface area contributed by atoms with Crippen molar-refractivity contribution in [3.8, 4) is 0 Å². The molecule has 0 spiro atoms. The van der Waals surface area contributed by atoms with Gasteiger partial charge in [0.2, 0.25) is 0 Å². The highest BCUT2D eigenvalue weighted by Crippen LogP contribution is 2.11. The molecule has 15 heavy (non-hydrogen) atoms. The average molecular weight is 225 g/mol. The molecule has 0 unspecified atom stereocenters. The SMILES string of the molecule is Clc1ccc(CC[C@H]2CNCCN2)cc1. The Morgan fingerprint density at radius 2 is 2.00 bits per heavy atom. The number of nitrogens with one attached hydrogen (secondary N) is 2. The first-order valence-corrected chi connectivity index (χ1v) is 5.91. The van der Waals surface area contributed by atoms with Gasteiger partial charge < -0.3 is 10.6 Å². The number of hydrogen-bond acceptors (Lipinski definition) is 2. The second-order valence-corrected chi connectivity index (χ2v) is 4.46. The van der Waals surface area contributed by atoms with E-state index in [9.17, 15) is 0 Å². The first kappa shape index (κ1) is 10.9. The van der Waals surface area contributed by atoms with E-state index in [0.717, 1.165) is 31.1 Å². The summed E-state index contributed by atoms with van der Waals surface area (Å²) < 4.78 is 0. The first-order chi connectivity index (χ1) is 7.34. The molecule has 2 rings (SSSR count). The third kappa shape index (κ3) is 3.49. The van der Waals surface area contributed by atoms with Gasteiger partial charge in [0.1, 0.15) is 0 Å². The van der Waals surface area contributed by atoms with Crippen molar-refractivity contribution >= 4 is 11.6 Å². The molecule has 1 saturated heterocycles. The van der Waals surface area contributed by atoms with Crippen LogP contribution in [0.15, 0.2) is 24.3 Å². The van der Waals surface area contributed by atoms with E-state index in [4.69, 9.17) is 11.6 Å². The summed E-state index contributed by atoms with van der Waals surface area (Å²) in [6, 6.07) is 8.76. The number of halogens is 1. The molecule has 1 aliphatic heterocycles. The highest BCUT2D eigenvalue weighted by molar-refractivity contribution is 6.30. The number of piperazine rings is 1. The molecule has 2 nitrogen and oxygen atoms in total. The monoisotopic (exact) mass is 224 g/mol. The molecule has 0 aromatic heterocycles. The largest absolute Gasteiger partial charge is 0.314 e. The zero-order valence-corrected chi connectivity index (χ0v) is 9.56. The van der Waals surface area contributed by atoms with Crippen LogP contribution in [0, 0.1) is 0 Å². The van der Waals surface area contributed by atoms with Gasteiger partial charge in [-0.2, -0.15) is 0 Å². The molecule has 1 fully saturated rings. The number of benzene rings is 1. The van der Waals surface area contributed by atoms with Gasteiger partial charge in [0.25, 0.3) is 0 Å². The van der Waals surface area contributed by atoms with E-state index in [1.54, 1.807) is 0 Å². The highest BCUT2D eigenvalue weighted by atomic mass is 35.5. The lowest BCUT2D eigenvalue weighted by atomic mass is 10.0. The van der Waals surface area contributed by atoms with Gasteiger partial charge in [0, 0.05) is 30.7 Å². The summed E-state index contributed by atoms with van der Waals surface area (Å²) >= 11 is 5.84. The lowest BCUT2D eigenvalue weighted by Gasteiger charge is -2.24. The third-order valence-electron chi connectivity index (χ3n) is 2.82. The molecule has 1 heterocycles. The molecule has 0 aliphatic carbocycles. The van der Waals surface area contributed by atoms with E-state index >= 15 is 0 Å². The summed E-state index contributed by atoms with van der Waals surface area (Å²) in [5.41, 5.74) is 1.37. The van der Waals surface area contributed by atoms with Gasteiger partial charge in [0.05, 0.1) is 0 Å². The van der Waals surface area contributed by atoms with Crippen LogP contribution in [0.25, 0.3) is 0 Å². The molecular weight excluding hydrogens is 208 g/mol. The Kier molecular flexibility index (Phi) is 4.01. The third-order valence-corrected chi connectivity index (χ3v) is 3.07. The van der Waals surface area contributed by atoms with Crippen molar-refractivity contribution in [3.05, 3.63) is 34.9 Å². The predicted molar refractivity (Wildman–Crippen MR) is 64.4 cm³/mol. The molecule has 82 valence electrons. The maximum absolute atomic E-state index is 5.84. The quantitative estimate of drug-likeness (QED) is 0.819. The van der Waals surface area contributed by atoms with Gasteiger partial charge in [0.15, 0.2) is 0 Å². The van der Waals surface area contributed by atoms with Gasteiger partial charge in [-0.1, -0.05) is 23.7 Å². The summed E-state index contributed by atoms with van der Waals surface area (Å²) in [5, 5.41) is 7.72. The van der Waals surface area contributed by atoms with Gasteiger partial charge in [-0.3, -0.25) is 0 Å². The van der Waals surface area contributed by atoms with Crippen LogP contribution in [0.2, 0.25) is 5.02 Å². The topological polar surface area (TPSA) is 24.1 Å². The van der Waals surface area contributed by atoms with Crippen LogP contribution in [-0.4, -0.2) is 25.7 Å². The van der Waals surface area contributed by atoms with Crippen LogP contribution in [0.5, 0.6) is 0 Å². The summed E-state index contributed by atoms with van der Waals surface area (Å²) in [7, 11) is 0. The van der Waals surface area contributed by atoms with E-state index in [1.807, 2.05) is 12.1 Å². The fourth-order valence-electron chi connectivity index (χ4n) is 1.91. The lowest BCUT2D eigenvalue weighted by Crippen LogP contribution is -2.48. The molecule has 0 amide bonds. The van der Waals surface area contributed by atoms with Crippen LogP contribution in [0.3, 0.4) is 0 Å². The minimum atomic E-state index is 0.620.